The van der Waals surface area contributed by atoms with Gasteiger partial charge in [0.1, 0.15) is 0 Å². The lowest BCUT2D eigenvalue weighted by Crippen LogP contribution is -2.39. The Morgan fingerprint density at radius 1 is 0.969 bits per heavy atom. The van der Waals surface area contributed by atoms with Gasteiger partial charge in [0.25, 0.3) is 0 Å². The molecule has 1 saturated heterocycles. The molecule has 0 spiro atoms. The topological polar surface area (TPSA) is 71.0 Å². The lowest BCUT2D eigenvalue weighted by atomic mass is 9.96. The normalized spacial score (nSPS) is 14.5. The number of benzene rings is 2. The van der Waals surface area contributed by atoms with E-state index in [0.717, 1.165) is 59.7 Å². The van der Waals surface area contributed by atoms with Gasteiger partial charge in [0.2, 0.25) is 11.9 Å². The highest BCUT2D eigenvalue weighted by Crippen LogP contribution is 2.30. The molecule has 4 aromatic rings. The van der Waals surface area contributed by atoms with Crippen molar-refractivity contribution in [2.45, 2.75) is 19.8 Å². The molecular weight excluding hydrogens is 398 g/mol. The molecule has 0 unspecified atom stereocenters. The number of nitrogens with zero attached hydrogens (tertiary/aromatic N) is 4. The minimum atomic E-state index is -0.0175. The summed E-state index contributed by atoms with van der Waals surface area (Å²) in [6.07, 6.45) is 4.90. The fourth-order valence-electron chi connectivity index (χ4n) is 4.21. The molecule has 0 atom stereocenters. The van der Waals surface area contributed by atoms with Crippen molar-refractivity contribution in [3.8, 4) is 11.3 Å². The summed E-state index contributed by atoms with van der Waals surface area (Å²) in [7, 11) is 0. The number of hydrogen-bond donors (Lipinski definition) is 1. The van der Waals surface area contributed by atoms with Gasteiger partial charge in [-0.15, -0.1) is 0 Å². The van der Waals surface area contributed by atoms with Crippen LogP contribution in [0.4, 0.5) is 11.6 Å². The molecule has 1 N–H and O–H groups in total. The summed E-state index contributed by atoms with van der Waals surface area (Å²) in [5.74, 6) is 0.778. The van der Waals surface area contributed by atoms with E-state index in [9.17, 15) is 4.79 Å². The fourth-order valence-corrected chi connectivity index (χ4v) is 4.21. The Bertz CT molecular complexity index is 1240. The minimum Gasteiger partial charge on any atom is -0.341 e. The van der Waals surface area contributed by atoms with Crippen LogP contribution in [0.5, 0.6) is 0 Å². The van der Waals surface area contributed by atoms with Gasteiger partial charge in [-0.1, -0.05) is 42.0 Å². The van der Waals surface area contributed by atoms with Gasteiger partial charge < -0.3 is 10.2 Å². The monoisotopic (exact) mass is 423 g/mol. The average Bonchev–Trinajstić information content (AvgIpc) is 2.84. The zero-order valence-corrected chi connectivity index (χ0v) is 18.0. The van der Waals surface area contributed by atoms with E-state index in [1.807, 2.05) is 30.3 Å². The van der Waals surface area contributed by atoms with Crippen molar-refractivity contribution in [1.29, 1.82) is 0 Å². The van der Waals surface area contributed by atoms with Crippen LogP contribution in [0.25, 0.3) is 22.2 Å². The van der Waals surface area contributed by atoms with Gasteiger partial charge in [-0.05, 0) is 44.0 Å². The highest BCUT2D eigenvalue weighted by Gasteiger charge is 2.27. The molecule has 1 aliphatic rings. The van der Waals surface area contributed by atoms with Gasteiger partial charge in [0.15, 0.2) is 0 Å². The number of amides is 1. The van der Waals surface area contributed by atoms with Crippen LogP contribution in [0.1, 0.15) is 18.4 Å². The number of carbonyl (C=O) groups is 1. The number of nitrogens with one attached hydrogen (secondary N) is 1. The first-order valence-corrected chi connectivity index (χ1v) is 11.0. The van der Waals surface area contributed by atoms with Gasteiger partial charge in [-0.2, -0.15) is 0 Å². The number of carbonyl (C=O) groups excluding carboxylic acids is 1. The Morgan fingerprint density at radius 3 is 2.47 bits per heavy atom. The van der Waals surface area contributed by atoms with Crippen molar-refractivity contribution in [3.05, 3.63) is 78.6 Å². The molecule has 0 bridgehead atoms. The van der Waals surface area contributed by atoms with Gasteiger partial charge in [-0.3, -0.25) is 9.78 Å². The van der Waals surface area contributed by atoms with Crippen LogP contribution in [0.3, 0.4) is 0 Å². The minimum absolute atomic E-state index is 0.0175. The van der Waals surface area contributed by atoms with Crippen LogP contribution in [0.2, 0.25) is 0 Å². The van der Waals surface area contributed by atoms with E-state index >= 15 is 0 Å². The number of anilines is 2. The van der Waals surface area contributed by atoms with Gasteiger partial charge in [-0.25, -0.2) is 9.97 Å². The number of aromatic nitrogens is 3. The highest BCUT2D eigenvalue weighted by atomic mass is 16.1. The van der Waals surface area contributed by atoms with Crippen LogP contribution < -0.4 is 10.2 Å². The van der Waals surface area contributed by atoms with Crippen molar-refractivity contribution in [2.24, 2.45) is 5.92 Å². The maximum Gasteiger partial charge on any atom is 0.227 e. The van der Waals surface area contributed by atoms with E-state index in [0.29, 0.717) is 0 Å². The molecule has 5 rings (SSSR count). The zero-order chi connectivity index (χ0) is 21.9. The second-order valence-electron chi connectivity index (χ2n) is 8.25. The number of pyridine rings is 1. The van der Waals surface area contributed by atoms with Crippen molar-refractivity contribution in [2.75, 3.05) is 23.3 Å². The molecule has 2 aromatic carbocycles. The van der Waals surface area contributed by atoms with E-state index in [1.54, 1.807) is 12.4 Å². The Hall–Kier alpha value is -3.80. The predicted molar refractivity (Wildman–Crippen MR) is 128 cm³/mol. The molecule has 6 heteroatoms. The van der Waals surface area contributed by atoms with Crippen molar-refractivity contribution < 1.29 is 4.79 Å². The average molecular weight is 424 g/mol. The van der Waals surface area contributed by atoms with E-state index in [1.165, 1.54) is 5.56 Å². The molecule has 0 radical (unpaired) electrons. The molecule has 2 aromatic heterocycles. The number of piperidine rings is 1. The van der Waals surface area contributed by atoms with E-state index in [-0.39, 0.29) is 11.8 Å². The Labute approximate surface area is 187 Å². The lowest BCUT2D eigenvalue weighted by molar-refractivity contribution is -0.120. The summed E-state index contributed by atoms with van der Waals surface area (Å²) in [6.45, 7) is 3.59. The van der Waals surface area contributed by atoms with Crippen LogP contribution in [0.15, 0.2) is 73.1 Å². The van der Waals surface area contributed by atoms with Crippen molar-refractivity contribution in [3.63, 3.8) is 0 Å². The quantitative estimate of drug-likeness (QED) is 0.508. The standard InChI is InChI=1S/C26H25N5O/c1-18-7-8-23-22(17-18)24(19-5-3-2-4-6-19)30-26(29-23)31-15-11-20(12-16-31)25(32)28-21-9-13-27-14-10-21/h2-10,13-14,17,20H,11-12,15-16H2,1H3,(H,27,28,32). The zero-order valence-electron chi connectivity index (χ0n) is 18.0. The molecule has 0 saturated carbocycles. The molecule has 32 heavy (non-hydrogen) atoms. The first kappa shape index (κ1) is 20.1. The summed E-state index contributed by atoms with van der Waals surface area (Å²) in [5, 5.41) is 4.06. The van der Waals surface area contributed by atoms with Gasteiger partial charge in [0.05, 0.1) is 11.2 Å². The summed E-state index contributed by atoms with van der Waals surface area (Å²) in [6, 6.07) is 20.2. The van der Waals surface area contributed by atoms with Crippen LogP contribution >= 0.6 is 0 Å². The molecule has 1 aliphatic heterocycles. The molecule has 1 amide bonds. The van der Waals surface area contributed by atoms with Gasteiger partial charge >= 0.3 is 0 Å². The number of fused-ring (bicyclic) bond motifs is 1. The first-order valence-electron chi connectivity index (χ1n) is 11.0. The smallest absolute Gasteiger partial charge is 0.227 e. The first-order chi connectivity index (χ1) is 15.7. The molecule has 0 aliphatic carbocycles. The number of rotatable bonds is 4. The SMILES string of the molecule is Cc1ccc2nc(N3CCC(C(=O)Nc4ccncc4)CC3)nc(-c3ccccc3)c2c1. The molecule has 6 nitrogen and oxygen atoms in total. The molecule has 160 valence electrons. The van der Waals surface area contributed by atoms with Crippen LogP contribution in [-0.2, 0) is 4.79 Å². The molecule has 1 fully saturated rings. The predicted octanol–water partition coefficient (Wildman–Crippen LogP) is 4.86. The third-order valence-electron chi connectivity index (χ3n) is 5.98. The maximum atomic E-state index is 12.7. The largest absolute Gasteiger partial charge is 0.341 e. The third-order valence-corrected chi connectivity index (χ3v) is 5.98. The molecular formula is C26H25N5O. The van der Waals surface area contributed by atoms with Crippen LogP contribution in [0, 0.1) is 12.8 Å². The summed E-state index contributed by atoms with van der Waals surface area (Å²) < 4.78 is 0. The molecule has 3 heterocycles. The number of hydrogen-bond acceptors (Lipinski definition) is 5. The van der Waals surface area contributed by atoms with Crippen molar-refractivity contribution >= 4 is 28.4 Å². The Balaban J connectivity index is 1.38. The third kappa shape index (κ3) is 4.17. The lowest BCUT2D eigenvalue weighted by Gasteiger charge is -2.31. The Morgan fingerprint density at radius 2 is 1.72 bits per heavy atom. The summed E-state index contributed by atoms with van der Waals surface area (Å²) in [4.78, 5) is 28.7. The maximum absolute atomic E-state index is 12.7. The van der Waals surface area contributed by atoms with E-state index in [2.05, 4.69) is 52.5 Å². The number of aryl methyl sites for hydroxylation is 1. The van der Waals surface area contributed by atoms with Crippen LogP contribution in [-0.4, -0.2) is 33.9 Å². The van der Waals surface area contributed by atoms with E-state index < -0.39 is 0 Å². The second-order valence-corrected chi connectivity index (χ2v) is 8.25. The summed E-state index contributed by atoms with van der Waals surface area (Å²) >= 11 is 0. The fraction of sp³-hybridized carbons (Fsp3) is 0.231. The highest BCUT2D eigenvalue weighted by molar-refractivity contribution is 5.94. The summed E-state index contributed by atoms with van der Waals surface area (Å²) in [5.41, 5.74) is 4.95. The second kappa shape index (κ2) is 8.75. The van der Waals surface area contributed by atoms with Crippen molar-refractivity contribution in [1.82, 2.24) is 15.0 Å². The van der Waals surface area contributed by atoms with Gasteiger partial charge in [0, 0.05) is 48.0 Å². The van der Waals surface area contributed by atoms with E-state index in [4.69, 9.17) is 9.97 Å². The Kier molecular flexibility index (Phi) is 5.50.